The summed E-state index contributed by atoms with van der Waals surface area (Å²) < 4.78 is 1.84. The summed E-state index contributed by atoms with van der Waals surface area (Å²) in [7, 11) is 0. The van der Waals surface area contributed by atoms with Gasteiger partial charge in [0.05, 0.1) is 17.9 Å². The average Bonchev–Trinajstić information content (AvgIpc) is 3.38. The van der Waals surface area contributed by atoms with E-state index in [0.29, 0.717) is 18.9 Å². The number of carbonyl (C=O) groups excluding carboxylic acids is 2. The number of nitrogens with one attached hydrogen (secondary N) is 2. The standard InChI is InChI=1S/C24H27N5O2/c1-3-9-17-10-8-11-18(14-17)21-15-22(27-29(21)19-12-6-5-7-13-19)26-23(30)20-16-28(4-2)24(31)25-20/h5-8,10-15,20H,3-4,9,16H2,1-2H3,(H,25,31)(H,26,27,30)/t20-/m0/s1. The monoisotopic (exact) mass is 417 g/mol. The van der Waals surface area contributed by atoms with Gasteiger partial charge in [-0.15, -0.1) is 5.10 Å². The first-order valence-electron chi connectivity index (χ1n) is 10.7. The number of aryl methyl sites for hydroxylation is 1. The maximum atomic E-state index is 12.8. The maximum Gasteiger partial charge on any atom is 0.318 e. The molecule has 1 saturated heterocycles. The van der Waals surface area contributed by atoms with Gasteiger partial charge in [-0.05, 0) is 37.1 Å². The predicted octanol–water partition coefficient (Wildman–Crippen LogP) is 3.84. The molecule has 0 spiro atoms. The number of aromatic nitrogens is 2. The summed E-state index contributed by atoms with van der Waals surface area (Å²) in [6, 6.07) is 19.3. The zero-order valence-corrected chi connectivity index (χ0v) is 17.8. The molecule has 1 aromatic heterocycles. The van der Waals surface area contributed by atoms with Gasteiger partial charge in [0.15, 0.2) is 5.82 Å². The zero-order valence-electron chi connectivity index (χ0n) is 17.8. The fourth-order valence-corrected chi connectivity index (χ4v) is 3.81. The van der Waals surface area contributed by atoms with E-state index < -0.39 is 6.04 Å². The van der Waals surface area contributed by atoms with Crippen molar-refractivity contribution in [3.05, 3.63) is 66.2 Å². The van der Waals surface area contributed by atoms with Crippen LogP contribution in [0.4, 0.5) is 10.6 Å². The molecule has 4 rings (SSSR count). The average molecular weight is 418 g/mol. The number of carbonyl (C=O) groups is 2. The summed E-state index contributed by atoms with van der Waals surface area (Å²) in [5.41, 5.74) is 4.10. The van der Waals surface area contributed by atoms with Crippen LogP contribution in [-0.2, 0) is 11.2 Å². The smallest absolute Gasteiger partial charge is 0.318 e. The molecular weight excluding hydrogens is 390 g/mol. The Bertz CT molecular complexity index is 1080. The highest BCUT2D eigenvalue weighted by molar-refractivity contribution is 5.98. The SMILES string of the molecule is CCCc1cccc(-c2cc(NC(=O)[C@@H]3CN(CC)C(=O)N3)nn2-c2ccccc2)c1. The lowest BCUT2D eigenvalue weighted by atomic mass is 10.0. The van der Waals surface area contributed by atoms with Crippen LogP contribution in [-0.4, -0.2) is 45.8 Å². The zero-order chi connectivity index (χ0) is 21.8. The van der Waals surface area contributed by atoms with E-state index in [1.165, 1.54) is 5.56 Å². The number of anilines is 1. The number of para-hydroxylation sites is 1. The summed E-state index contributed by atoms with van der Waals surface area (Å²) in [6.45, 7) is 4.97. The second kappa shape index (κ2) is 9.04. The third kappa shape index (κ3) is 4.45. The first-order chi connectivity index (χ1) is 15.1. The predicted molar refractivity (Wildman–Crippen MR) is 121 cm³/mol. The third-order valence-electron chi connectivity index (χ3n) is 5.41. The van der Waals surface area contributed by atoms with Crippen molar-refractivity contribution >= 4 is 17.8 Å². The van der Waals surface area contributed by atoms with Crippen LogP contribution in [0.25, 0.3) is 16.9 Å². The van der Waals surface area contributed by atoms with E-state index in [-0.39, 0.29) is 11.9 Å². The number of amides is 3. The molecule has 31 heavy (non-hydrogen) atoms. The molecule has 7 nitrogen and oxygen atoms in total. The van der Waals surface area contributed by atoms with E-state index in [1.54, 1.807) is 4.90 Å². The summed E-state index contributed by atoms with van der Waals surface area (Å²) in [4.78, 5) is 26.3. The summed E-state index contributed by atoms with van der Waals surface area (Å²) >= 11 is 0. The van der Waals surface area contributed by atoms with Crippen molar-refractivity contribution < 1.29 is 9.59 Å². The van der Waals surface area contributed by atoms with E-state index in [0.717, 1.165) is 29.8 Å². The highest BCUT2D eigenvalue weighted by atomic mass is 16.2. The van der Waals surface area contributed by atoms with Crippen LogP contribution < -0.4 is 10.6 Å². The molecule has 3 amide bonds. The number of hydrogen-bond acceptors (Lipinski definition) is 3. The molecule has 0 aliphatic carbocycles. The van der Waals surface area contributed by atoms with E-state index in [9.17, 15) is 9.59 Å². The number of urea groups is 1. The van der Waals surface area contributed by atoms with Gasteiger partial charge in [-0.3, -0.25) is 4.79 Å². The third-order valence-corrected chi connectivity index (χ3v) is 5.41. The van der Waals surface area contributed by atoms with Crippen LogP contribution >= 0.6 is 0 Å². The summed E-state index contributed by atoms with van der Waals surface area (Å²) in [5, 5.41) is 10.3. The molecule has 160 valence electrons. The lowest BCUT2D eigenvalue weighted by Gasteiger charge is -2.10. The van der Waals surface area contributed by atoms with Crippen molar-refractivity contribution in [2.45, 2.75) is 32.7 Å². The van der Waals surface area contributed by atoms with Crippen LogP contribution in [0.5, 0.6) is 0 Å². The van der Waals surface area contributed by atoms with Crippen LogP contribution in [0.1, 0.15) is 25.8 Å². The van der Waals surface area contributed by atoms with Crippen molar-refractivity contribution in [2.24, 2.45) is 0 Å². The molecule has 1 aliphatic heterocycles. The molecule has 2 heterocycles. The molecule has 2 aromatic carbocycles. The Hall–Kier alpha value is -3.61. The lowest BCUT2D eigenvalue weighted by Crippen LogP contribution is -2.38. The molecule has 2 N–H and O–H groups in total. The van der Waals surface area contributed by atoms with Gasteiger partial charge < -0.3 is 15.5 Å². The quantitative estimate of drug-likeness (QED) is 0.613. The Balaban J connectivity index is 1.65. The molecule has 1 atom stereocenters. The molecule has 1 aliphatic rings. The second-order valence-corrected chi connectivity index (χ2v) is 7.64. The Morgan fingerprint density at radius 2 is 1.94 bits per heavy atom. The van der Waals surface area contributed by atoms with Crippen molar-refractivity contribution in [2.75, 3.05) is 18.4 Å². The van der Waals surface area contributed by atoms with Crippen molar-refractivity contribution in [1.82, 2.24) is 20.0 Å². The van der Waals surface area contributed by atoms with Crippen molar-refractivity contribution in [1.29, 1.82) is 0 Å². The highest BCUT2D eigenvalue weighted by Gasteiger charge is 2.32. The van der Waals surface area contributed by atoms with Crippen molar-refractivity contribution in [3.63, 3.8) is 0 Å². The largest absolute Gasteiger partial charge is 0.324 e. The first-order valence-corrected chi connectivity index (χ1v) is 10.7. The van der Waals surface area contributed by atoms with Crippen LogP contribution in [0.3, 0.4) is 0 Å². The van der Waals surface area contributed by atoms with Crippen molar-refractivity contribution in [3.8, 4) is 16.9 Å². The van der Waals surface area contributed by atoms with Crippen LogP contribution in [0.2, 0.25) is 0 Å². The molecule has 0 bridgehead atoms. The van der Waals surface area contributed by atoms with Crippen LogP contribution in [0.15, 0.2) is 60.7 Å². The molecule has 1 fully saturated rings. The summed E-state index contributed by atoms with van der Waals surface area (Å²) in [5.74, 6) is 0.183. The molecule has 0 radical (unpaired) electrons. The minimum absolute atomic E-state index is 0.217. The lowest BCUT2D eigenvalue weighted by molar-refractivity contribution is -0.117. The first kappa shape index (κ1) is 20.7. The van der Waals surface area contributed by atoms with Crippen LogP contribution in [0, 0.1) is 0 Å². The number of nitrogens with zero attached hydrogens (tertiary/aromatic N) is 3. The van der Waals surface area contributed by atoms with E-state index in [1.807, 2.05) is 54.1 Å². The molecule has 0 saturated carbocycles. The Labute approximate surface area is 182 Å². The molecule has 3 aromatic rings. The normalized spacial score (nSPS) is 15.7. The van der Waals surface area contributed by atoms with E-state index >= 15 is 0 Å². The van der Waals surface area contributed by atoms with Gasteiger partial charge in [0.2, 0.25) is 5.91 Å². The van der Waals surface area contributed by atoms with E-state index in [4.69, 9.17) is 0 Å². The van der Waals surface area contributed by atoms with E-state index in [2.05, 4.69) is 40.9 Å². The highest BCUT2D eigenvalue weighted by Crippen LogP contribution is 2.27. The Kier molecular flexibility index (Phi) is 6.02. The number of benzene rings is 2. The molecule has 7 heteroatoms. The fourth-order valence-electron chi connectivity index (χ4n) is 3.81. The topological polar surface area (TPSA) is 79.3 Å². The van der Waals surface area contributed by atoms with Gasteiger partial charge in [-0.1, -0.05) is 49.7 Å². The van der Waals surface area contributed by atoms with Gasteiger partial charge in [-0.2, -0.15) is 0 Å². The molecule has 0 unspecified atom stereocenters. The van der Waals surface area contributed by atoms with Gasteiger partial charge in [-0.25, -0.2) is 9.48 Å². The van der Waals surface area contributed by atoms with Gasteiger partial charge >= 0.3 is 6.03 Å². The second-order valence-electron chi connectivity index (χ2n) is 7.64. The maximum absolute atomic E-state index is 12.8. The Morgan fingerprint density at radius 1 is 1.13 bits per heavy atom. The van der Waals surface area contributed by atoms with Gasteiger partial charge in [0.25, 0.3) is 0 Å². The Morgan fingerprint density at radius 3 is 2.65 bits per heavy atom. The minimum Gasteiger partial charge on any atom is -0.324 e. The number of likely N-dealkylation sites (N-methyl/N-ethyl adjacent to an activating group) is 1. The summed E-state index contributed by atoms with van der Waals surface area (Å²) in [6.07, 6.45) is 2.08. The molecular formula is C24H27N5O2. The minimum atomic E-state index is -0.592. The number of rotatable bonds is 7. The van der Waals surface area contributed by atoms with Gasteiger partial charge in [0, 0.05) is 18.2 Å². The fraction of sp³-hybridized carbons (Fsp3) is 0.292. The number of hydrogen-bond donors (Lipinski definition) is 2. The van der Waals surface area contributed by atoms with Gasteiger partial charge in [0.1, 0.15) is 6.04 Å².